The van der Waals surface area contributed by atoms with Gasteiger partial charge in [-0.15, -0.1) is 0 Å². The Kier molecular flexibility index (Phi) is 7.62. The molecule has 0 spiro atoms. The summed E-state index contributed by atoms with van der Waals surface area (Å²) in [7, 11) is 0. The van der Waals surface area contributed by atoms with E-state index in [1.54, 1.807) is 6.20 Å². The van der Waals surface area contributed by atoms with Crippen LogP contribution in [0.25, 0.3) is 0 Å². The molecule has 0 aromatic carbocycles. The molecule has 1 aromatic rings. The number of aromatic nitrogens is 2. The van der Waals surface area contributed by atoms with E-state index in [-0.39, 0.29) is 11.9 Å². The van der Waals surface area contributed by atoms with Crippen LogP contribution < -0.4 is 10.6 Å². The maximum absolute atomic E-state index is 12.1. The monoisotopic (exact) mass is 278 g/mol. The first-order valence-electron chi connectivity index (χ1n) is 7.58. The number of carbonyl (C=O) groups excluding carboxylic acids is 1. The maximum Gasteiger partial charge on any atom is 0.271 e. The summed E-state index contributed by atoms with van der Waals surface area (Å²) in [6.07, 6.45) is 8.51. The second-order valence-electron chi connectivity index (χ2n) is 4.92. The Balaban J connectivity index is 2.58. The summed E-state index contributed by atoms with van der Waals surface area (Å²) in [5.41, 5.74) is 0.379. The lowest BCUT2D eigenvalue weighted by atomic mass is 10.1. The minimum atomic E-state index is -0.130. The lowest BCUT2D eigenvalue weighted by molar-refractivity contribution is 0.0926. The van der Waals surface area contributed by atoms with Crippen LogP contribution in [-0.2, 0) is 0 Å². The summed E-state index contributed by atoms with van der Waals surface area (Å²) in [5.74, 6) is 0.565. The number of rotatable bonds is 9. The van der Waals surface area contributed by atoms with E-state index in [0.29, 0.717) is 11.5 Å². The van der Waals surface area contributed by atoms with Crippen molar-refractivity contribution < 1.29 is 4.79 Å². The van der Waals surface area contributed by atoms with Crippen LogP contribution in [0, 0.1) is 0 Å². The molecule has 0 aliphatic carbocycles. The number of hydrogen-bond acceptors (Lipinski definition) is 4. The summed E-state index contributed by atoms with van der Waals surface area (Å²) in [5, 5.41) is 6.12. The zero-order chi connectivity index (χ0) is 14.8. The highest BCUT2D eigenvalue weighted by Crippen LogP contribution is 2.08. The number of anilines is 1. The smallest absolute Gasteiger partial charge is 0.271 e. The quantitative estimate of drug-likeness (QED) is 0.728. The van der Waals surface area contributed by atoms with E-state index in [4.69, 9.17) is 0 Å². The van der Waals surface area contributed by atoms with Crippen molar-refractivity contribution in [2.75, 3.05) is 11.9 Å². The third-order valence-electron chi connectivity index (χ3n) is 3.12. The van der Waals surface area contributed by atoms with E-state index >= 15 is 0 Å². The van der Waals surface area contributed by atoms with Gasteiger partial charge in [0.2, 0.25) is 0 Å². The van der Waals surface area contributed by atoms with E-state index in [9.17, 15) is 4.79 Å². The van der Waals surface area contributed by atoms with Crippen molar-refractivity contribution in [2.24, 2.45) is 0 Å². The van der Waals surface area contributed by atoms with Gasteiger partial charge in [0, 0.05) is 12.6 Å². The SMILES string of the molecule is CCCCC(CCC)NC(=O)c1cnc(NCC)cn1. The number of amides is 1. The van der Waals surface area contributed by atoms with Gasteiger partial charge in [-0.05, 0) is 19.8 Å². The Bertz CT molecular complexity index is 391. The van der Waals surface area contributed by atoms with Crippen LogP contribution in [0.4, 0.5) is 5.82 Å². The highest BCUT2D eigenvalue weighted by Gasteiger charge is 2.14. The van der Waals surface area contributed by atoms with Crippen molar-refractivity contribution in [3.8, 4) is 0 Å². The summed E-state index contributed by atoms with van der Waals surface area (Å²) in [4.78, 5) is 20.5. The molecule has 0 bridgehead atoms. The molecule has 112 valence electrons. The van der Waals surface area contributed by atoms with Crippen LogP contribution >= 0.6 is 0 Å². The second-order valence-corrected chi connectivity index (χ2v) is 4.92. The van der Waals surface area contributed by atoms with E-state index in [1.807, 2.05) is 6.92 Å². The van der Waals surface area contributed by atoms with Gasteiger partial charge in [-0.1, -0.05) is 33.1 Å². The molecular formula is C15H26N4O. The molecular weight excluding hydrogens is 252 g/mol. The van der Waals surface area contributed by atoms with E-state index in [1.165, 1.54) is 6.20 Å². The molecule has 1 aromatic heterocycles. The normalized spacial score (nSPS) is 11.9. The second kappa shape index (κ2) is 9.28. The molecule has 1 amide bonds. The summed E-state index contributed by atoms with van der Waals surface area (Å²) in [6.45, 7) is 7.08. The minimum Gasteiger partial charge on any atom is -0.369 e. The number of carbonyl (C=O) groups is 1. The van der Waals surface area contributed by atoms with Crippen molar-refractivity contribution in [3.63, 3.8) is 0 Å². The van der Waals surface area contributed by atoms with Gasteiger partial charge in [0.25, 0.3) is 5.91 Å². The highest BCUT2D eigenvalue weighted by atomic mass is 16.1. The molecule has 0 fully saturated rings. The van der Waals surface area contributed by atoms with E-state index in [2.05, 4.69) is 34.4 Å². The van der Waals surface area contributed by atoms with Gasteiger partial charge in [-0.25, -0.2) is 9.97 Å². The third-order valence-corrected chi connectivity index (χ3v) is 3.12. The van der Waals surface area contributed by atoms with E-state index < -0.39 is 0 Å². The molecule has 0 saturated carbocycles. The van der Waals surface area contributed by atoms with Crippen LogP contribution in [0.15, 0.2) is 12.4 Å². The summed E-state index contributed by atoms with van der Waals surface area (Å²) >= 11 is 0. The molecule has 0 radical (unpaired) electrons. The van der Waals surface area contributed by atoms with Gasteiger partial charge in [0.1, 0.15) is 11.5 Å². The molecule has 1 rings (SSSR count). The lowest BCUT2D eigenvalue weighted by Gasteiger charge is -2.17. The molecule has 1 atom stereocenters. The first kappa shape index (κ1) is 16.4. The van der Waals surface area contributed by atoms with E-state index in [0.717, 1.165) is 38.6 Å². The number of nitrogens with one attached hydrogen (secondary N) is 2. The topological polar surface area (TPSA) is 66.9 Å². The van der Waals surface area contributed by atoms with Crippen LogP contribution in [0.2, 0.25) is 0 Å². The lowest BCUT2D eigenvalue weighted by Crippen LogP contribution is -2.35. The zero-order valence-corrected chi connectivity index (χ0v) is 12.8. The third kappa shape index (κ3) is 5.55. The maximum atomic E-state index is 12.1. The average Bonchev–Trinajstić information content (AvgIpc) is 2.46. The van der Waals surface area contributed by atoms with Gasteiger partial charge in [-0.3, -0.25) is 4.79 Å². The average molecular weight is 278 g/mol. The Labute approximate surface area is 121 Å². The highest BCUT2D eigenvalue weighted by molar-refractivity contribution is 5.92. The van der Waals surface area contributed by atoms with Crippen molar-refractivity contribution in [3.05, 3.63) is 18.1 Å². The number of hydrogen-bond donors (Lipinski definition) is 2. The van der Waals surface area contributed by atoms with Crippen molar-refractivity contribution in [2.45, 2.75) is 58.9 Å². The summed E-state index contributed by atoms with van der Waals surface area (Å²) in [6, 6.07) is 0.239. The number of nitrogens with zero attached hydrogens (tertiary/aromatic N) is 2. The van der Waals surface area contributed by atoms with Crippen LogP contribution in [0.3, 0.4) is 0 Å². The largest absolute Gasteiger partial charge is 0.369 e. The van der Waals surface area contributed by atoms with Crippen LogP contribution in [0.5, 0.6) is 0 Å². The summed E-state index contributed by atoms with van der Waals surface area (Å²) < 4.78 is 0. The van der Waals surface area contributed by atoms with Gasteiger partial charge in [0.05, 0.1) is 12.4 Å². The zero-order valence-electron chi connectivity index (χ0n) is 12.8. The van der Waals surface area contributed by atoms with Gasteiger partial charge < -0.3 is 10.6 Å². The molecule has 1 unspecified atom stereocenters. The first-order chi connectivity index (χ1) is 9.71. The molecule has 1 heterocycles. The van der Waals surface area contributed by atoms with Crippen molar-refractivity contribution in [1.29, 1.82) is 0 Å². The minimum absolute atomic E-state index is 0.130. The molecule has 0 aliphatic rings. The van der Waals surface area contributed by atoms with Crippen LogP contribution in [-0.4, -0.2) is 28.5 Å². The Morgan fingerprint density at radius 1 is 1.15 bits per heavy atom. The molecule has 0 saturated heterocycles. The fraction of sp³-hybridized carbons (Fsp3) is 0.667. The molecule has 5 heteroatoms. The predicted molar refractivity (Wildman–Crippen MR) is 81.9 cm³/mol. The predicted octanol–water partition coefficient (Wildman–Crippen LogP) is 3.00. The Morgan fingerprint density at radius 2 is 1.95 bits per heavy atom. The fourth-order valence-corrected chi connectivity index (χ4v) is 2.06. The molecule has 20 heavy (non-hydrogen) atoms. The Hall–Kier alpha value is -1.65. The Morgan fingerprint density at radius 3 is 2.50 bits per heavy atom. The molecule has 0 aliphatic heterocycles. The standard InChI is InChI=1S/C15H26N4O/c1-4-7-9-12(8-5-2)19-15(20)13-10-18-14(11-17-13)16-6-3/h10-12H,4-9H2,1-3H3,(H,16,18)(H,19,20). The van der Waals surface area contributed by atoms with Crippen LogP contribution in [0.1, 0.15) is 63.4 Å². The fourth-order valence-electron chi connectivity index (χ4n) is 2.06. The first-order valence-corrected chi connectivity index (χ1v) is 7.58. The van der Waals surface area contributed by atoms with Gasteiger partial charge in [0.15, 0.2) is 0 Å². The molecule has 2 N–H and O–H groups in total. The van der Waals surface area contributed by atoms with Crippen molar-refractivity contribution in [1.82, 2.24) is 15.3 Å². The molecule has 5 nitrogen and oxygen atoms in total. The number of unbranched alkanes of at least 4 members (excludes halogenated alkanes) is 1. The van der Waals surface area contributed by atoms with Gasteiger partial charge >= 0.3 is 0 Å². The van der Waals surface area contributed by atoms with Gasteiger partial charge in [-0.2, -0.15) is 0 Å². The van der Waals surface area contributed by atoms with Crippen molar-refractivity contribution >= 4 is 11.7 Å².